The Bertz CT molecular complexity index is 1170. The first-order valence-electron chi connectivity index (χ1n) is 8.67. The number of Topliss-reactive ketones (excluding diaryl/α,β-unsaturated/α-hetero) is 1. The van der Waals surface area contributed by atoms with Crippen molar-refractivity contribution in [3.05, 3.63) is 56.0 Å². The summed E-state index contributed by atoms with van der Waals surface area (Å²) >= 11 is 1.13. The second-order valence-electron chi connectivity index (χ2n) is 7.30. The lowest BCUT2D eigenvalue weighted by atomic mass is 9.87. The Kier molecular flexibility index (Phi) is 5.25. The Morgan fingerprint density at radius 2 is 2.07 bits per heavy atom. The highest BCUT2D eigenvalue weighted by molar-refractivity contribution is 7.07. The van der Waals surface area contributed by atoms with Crippen LogP contribution in [0.4, 0.5) is 0 Å². The van der Waals surface area contributed by atoms with Crippen LogP contribution in [0.25, 0.3) is 11.6 Å². The summed E-state index contributed by atoms with van der Waals surface area (Å²) in [7, 11) is 0. The van der Waals surface area contributed by atoms with E-state index in [9.17, 15) is 14.9 Å². The molecule has 0 atom stereocenters. The van der Waals surface area contributed by atoms with Crippen LogP contribution in [0.2, 0.25) is 0 Å². The first-order chi connectivity index (χ1) is 13.3. The van der Waals surface area contributed by atoms with Gasteiger partial charge in [0.1, 0.15) is 16.3 Å². The molecule has 3 rings (SSSR count). The van der Waals surface area contributed by atoms with Gasteiger partial charge in [0.15, 0.2) is 17.3 Å². The van der Waals surface area contributed by atoms with Crippen molar-refractivity contribution in [1.82, 2.24) is 4.57 Å². The van der Waals surface area contributed by atoms with Gasteiger partial charge in [0.25, 0.3) is 5.56 Å². The molecule has 0 fully saturated rings. The van der Waals surface area contributed by atoms with Gasteiger partial charge in [0.05, 0.1) is 4.53 Å². The lowest BCUT2D eigenvalue weighted by Crippen LogP contribution is -2.34. The van der Waals surface area contributed by atoms with Crippen molar-refractivity contribution >= 4 is 28.8 Å². The molecule has 0 bridgehead atoms. The van der Waals surface area contributed by atoms with Gasteiger partial charge in [0, 0.05) is 12.0 Å². The molecule has 0 amide bonds. The number of nitrogens with zero attached hydrogens (tertiary/aromatic N) is 2. The van der Waals surface area contributed by atoms with E-state index >= 15 is 0 Å². The molecule has 0 radical (unpaired) electrons. The summed E-state index contributed by atoms with van der Waals surface area (Å²) < 4.78 is 12.9. The van der Waals surface area contributed by atoms with Crippen molar-refractivity contribution in [2.75, 3.05) is 6.79 Å². The molecule has 1 aromatic carbocycles. The average Bonchev–Trinajstić information content (AvgIpc) is 3.22. The van der Waals surface area contributed by atoms with Gasteiger partial charge in [-0.25, -0.2) is 0 Å². The van der Waals surface area contributed by atoms with Crippen molar-refractivity contribution < 1.29 is 14.3 Å². The second kappa shape index (κ2) is 7.49. The third kappa shape index (κ3) is 3.64. The van der Waals surface area contributed by atoms with Crippen molar-refractivity contribution in [3.8, 4) is 17.6 Å². The molecule has 144 valence electrons. The molecule has 2 aromatic rings. The quantitative estimate of drug-likeness (QED) is 0.738. The molecule has 2 heterocycles. The van der Waals surface area contributed by atoms with Gasteiger partial charge in [-0.05, 0) is 23.8 Å². The monoisotopic (exact) mass is 396 g/mol. The number of benzene rings is 1. The van der Waals surface area contributed by atoms with Crippen LogP contribution in [0, 0.1) is 16.7 Å². The van der Waals surface area contributed by atoms with Crippen LogP contribution in [0.5, 0.6) is 11.5 Å². The fourth-order valence-electron chi connectivity index (χ4n) is 2.73. The number of aromatic nitrogens is 1. The zero-order valence-electron chi connectivity index (χ0n) is 15.9. The fourth-order valence-corrected chi connectivity index (χ4v) is 3.83. The van der Waals surface area contributed by atoms with Crippen LogP contribution in [-0.2, 0) is 11.3 Å². The number of hydrogen-bond donors (Lipinski definition) is 0. The molecule has 28 heavy (non-hydrogen) atoms. The smallest absolute Gasteiger partial charge is 0.269 e. The van der Waals surface area contributed by atoms with E-state index in [1.54, 1.807) is 45.1 Å². The molecule has 0 saturated heterocycles. The first kappa shape index (κ1) is 19.6. The Labute approximate surface area is 166 Å². The fraction of sp³-hybridized carbons (Fsp3) is 0.286. The van der Waals surface area contributed by atoms with E-state index in [1.807, 2.05) is 12.1 Å². The maximum Gasteiger partial charge on any atom is 0.269 e. The predicted octanol–water partition coefficient (Wildman–Crippen LogP) is 1.94. The summed E-state index contributed by atoms with van der Waals surface area (Å²) in [4.78, 5) is 25.6. The highest BCUT2D eigenvalue weighted by Gasteiger charge is 2.27. The predicted molar refractivity (Wildman–Crippen MR) is 108 cm³/mol. The van der Waals surface area contributed by atoms with E-state index in [0.717, 1.165) is 16.9 Å². The van der Waals surface area contributed by atoms with Crippen molar-refractivity contribution in [2.45, 2.75) is 27.3 Å². The Balaban J connectivity index is 2.26. The van der Waals surface area contributed by atoms with Gasteiger partial charge < -0.3 is 9.47 Å². The summed E-state index contributed by atoms with van der Waals surface area (Å²) in [5.74, 6) is 0.969. The zero-order chi connectivity index (χ0) is 20.5. The molecule has 7 heteroatoms. The molecule has 0 aliphatic carbocycles. The Morgan fingerprint density at radius 3 is 2.71 bits per heavy atom. The highest BCUT2D eigenvalue weighted by Crippen LogP contribution is 2.32. The number of ketones is 1. The largest absolute Gasteiger partial charge is 0.454 e. The number of carbonyl (C=O) groups excluding carboxylic acids is 1. The van der Waals surface area contributed by atoms with Crippen LogP contribution in [0.15, 0.2) is 35.6 Å². The topological polar surface area (TPSA) is 81.3 Å². The minimum atomic E-state index is -0.731. The normalized spacial score (nSPS) is 14.6. The van der Waals surface area contributed by atoms with E-state index < -0.39 is 5.41 Å². The van der Waals surface area contributed by atoms with Crippen LogP contribution in [0.1, 0.15) is 26.3 Å². The number of thiazole rings is 1. The lowest BCUT2D eigenvalue weighted by molar-refractivity contribution is -0.120. The minimum absolute atomic E-state index is 0.0122. The van der Waals surface area contributed by atoms with Crippen molar-refractivity contribution in [1.29, 1.82) is 5.26 Å². The molecule has 1 aliphatic heterocycles. The number of ether oxygens (including phenoxy) is 2. The summed E-state index contributed by atoms with van der Waals surface area (Å²) in [5.41, 5.74) is -0.250. The highest BCUT2D eigenvalue weighted by atomic mass is 32.1. The number of fused-ring (bicyclic) bond motifs is 1. The van der Waals surface area contributed by atoms with E-state index in [0.29, 0.717) is 20.7 Å². The van der Waals surface area contributed by atoms with Crippen LogP contribution in [-0.4, -0.2) is 17.1 Å². The lowest BCUT2D eigenvalue weighted by Gasteiger charge is -2.15. The number of hydrogen-bond acceptors (Lipinski definition) is 6. The standard InChI is InChI=1S/C21H20N2O4S/c1-5-8-23-19(25)17(10-13-6-7-15-16(9-13)27-12-26-15)28-20(23)14(11-22)18(24)21(2,3)4/h5-7,9-10H,1,8,12H2,2-4H3. The summed E-state index contributed by atoms with van der Waals surface area (Å²) in [6.07, 6.45) is 3.28. The van der Waals surface area contributed by atoms with Gasteiger partial charge in [0.2, 0.25) is 6.79 Å². The van der Waals surface area contributed by atoms with Crippen molar-refractivity contribution in [3.63, 3.8) is 0 Å². The van der Waals surface area contributed by atoms with E-state index in [1.165, 1.54) is 4.57 Å². The molecule has 1 aromatic heterocycles. The maximum atomic E-state index is 12.9. The maximum absolute atomic E-state index is 12.9. The Morgan fingerprint density at radius 1 is 1.36 bits per heavy atom. The second-order valence-corrected chi connectivity index (χ2v) is 8.33. The van der Waals surface area contributed by atoms with Crippen molar-refractivity contribution in [2.24, 2.45) is 5.41 Å². The summed E-state index contributed by atoms with van der Waals surface area (Å²) in [5, 5.41) is 9.62. The summed E-state index contributed by atoms with van der Waals surface area (Å²) in [6, 6.07) is 7.38. The molecular formula is C21H20N2O4S. The van der Waals surface area contributed by atoms with Crippen LogP contribution >= 0.6 is 11.3 Å². The van der Waals surface area contributed by atoms with Gasteiger partial charge in [-0.15, -0.1) is 17.9 Å². The van der Waals surface area contributed by atoms with E-state index in [2.05, 4.69) is 6.58 Å². The average molecular weight is 396 g/mol. The molecule has 0 spiro atoms. The van der Waals surface area contributed by atoms with Crippen LogP contribution in [0.3, 0.4) is 0 Å². The molecule has 1 aliphatic rings. The van der Waals surface area contributed by atoms with Gasteiger partial charge >= 0.3 is 0 Å². The zero-order valence-corrected chi connectivity index (χ0v) is 16.8. The van der Waals surface area contributed by atoms with Gasteiger partial charge in [-0.3, -0.25) is 14.2 Å². The van der Waals surface area contributed by atoms with Crippen LogP contribution < -0.4 is 24.2 Å². The molecule has 6 nitrogen and oxygen atoms in total. The van der Waals surface area contributed by atoms with Gasteiger partial charge in [-0.1, -0.05) is 32.9 Å². The number of carbonyl (C=O) groups is 1. The summed E-state index contributed by atoms with van der Waals surface area (Å²) in [6.45, 7) is 9.30. The molecule has 0 N–H and O–H groups in total. The third-order valence-corrected chi connectivity index (χ3v) is 5.28. The molecular weight excluding hydrogens is 376 g/mol. The van der Waals surface area contributed by atoms with E-state index in [-0.39, 0.29) is 30.3 Å². The molecule has 0 saturated carbocycles. The number of rotatable bonds is 4. The van der Waals surface area contributed by atoms with E-state index in [4.69, 9.17) is 9.47 Å². The Hall–Kier alpha value is -3.11. The van der Waals surface area contributed by atoms with Gasteiger partial charge in [-0.2, -0.15) is 5.26 Å². The number of allylic oxidation sites excluding steroid dienone is 1. The minimum Gasteiger partial charge on any atom is -0.454 e. The third-order valence-electron chi connectivity index (χ3n) is 4.15. The molecule has 0 unspecified atom stereocenters. The number of nitriles is 1. The SMILES string of the molecule is C=CCn1c(=C(C#N)C(=O)C(C)(C)C)sc(=Cc2ccc3c(c2)OCO3)c1=O. The first-order valence-corrected chi connectivity index (χ1v) is 9.49.